The second kappa shape index (κ2) is 3.73. The van der Waals surface area contributed by atoms with Gasteiger partial charge in [-0.25, -0.2) is 4.79 Å². The van der Waals surface area contributed by atoms with Crippen LogP contribution in [0.15, 0.2) is 18.2 Å². The van der Waals surface area contributed by atoms with Crippen LogP contribution in [0.2, 0.25) is 0 Å². The lowest BCUT2D eigenvalue weighted by molar-refractivity contribution is -0.120. The molecule has 1 aliphatic carbocycles. The smallest absolute Gasteiger partial charge is 0.337 e. The summed E-state index contributed by atoms with van der Waals surface area (Å²) in [6, 6.07) is 5.09. The van der Waals surface area contributed by atoms with Gasteiger partial charge in [-0.3, -0.25) is 4.79 Å². The van der Waals surface area contributed by atoms with Crippen molar-refractivity contribution in [2.75, 3.05) is 24.3 Å². The van der Waals surface area contributed by atoms with E-state index in [-0.39, 0.29) is 17.3 Å². The van der Waals surface area contributed by atoms with E-state index in [1.54, 1.807) is 18.2 Å². The van der Waals surface area contributed by atoms with Gasteiger partial charge in [-0.15, -0.1) is 0 Å². The molecule has 1 saturated carbocycles. The molecule has 94 valence electrons. The highest BCUT2D eigenvalue weighted by atomic mass is 16.5. The van der Waals surface area contributed by atoms with E-state index in [0.717, 1.165) is 24.2 Å². The maximum atomic E-state index is 12.0. The molecule has 1 amide bonds. The first kappa shape index (κ1) is 11.1. The molecular formula is C13H14N2O3. The number of esters is 1. The minimum atomic E-state index is -0.378. The van der Waals surface area contributed by atoms with E-state index in [0.29, 0.717) is 12.1 Å². The van der Waals surface area contributed by atoms with Crippen molar-refractivity contribution in [2.45, 2.75) is 12.8 Å². The number of anilines is 2. The maximum absolute atomic E-state index is 12.0. The molecule has 1 aliphatic heterocycles. The quantitative estimate of drug-likeness (QED) is 0.739. The van der Waals surface area contributed by atoms with Gasteiger partial charge in [0.15, 0.2) is 0 Å². The van der Waals surface area contributed by atoms with Gasteiger partial charge in [0.1, 0.15) is 0 Å². The first-order chi connectivity index (χ1) is 8.64. The lowest BCUT2D eigenvalue weighted by Gasteiger charge is -2.09. The first-order valence-electron chi connectivity index (χ1n) is 5.92. The molecule has 0 radical (unpaired) electrons. The highest BCUT2D eigenvalue weighted by Crippen LogP contribution is 2.48. The molecule has 2 aliphatic rings. The van der Waals surface area contributed by atoms with Crippen molar-refractivity contribution in [1.29, 1.82) is 0 Å². The van der Waals surface area contributed by atoms with E-state index in [1.807, 2.05) is 0 Å². The van der Waals surface area contributed by atoms with Crippen LogP contribution in [-0.4, -0.2) is 25.5 Å². The van der Waals surface area contributed by atoms with E-state index >= 15 is 0 Å². The summed E-state index contributed by atoms with van der Waals surface area (Å²) in [4.78, 5) is 23.4. The molecule has 1 aromatic carbocycles. The summed E-state index contributed by atoms with van der Waals surface area (Å²) < 4.78 is 4.68. The van der Waals surface area contributed by atoms with Crippen LogP contribution in [0, 0.1) is 5.41 Å². The summed E-state index contributed by atoms with van der Waals surface area (Å²) in [5.74, 6) is -0.309. The van der Waals surface area contributed by atoms with Gasteiger partial charge in [-0.1, -0.05) is 0 Å². The molecule has 0 bridgehead atoms. The van der Waals surface area contributed by atoms with Crippen LogP contribution in [0.25, 0.3) is 0 Å². The fourth-order valence-electron chi connectivity index (χ4n) is 2.20. The van der Waals surface area contributed by atoms with E-state index in [4.69, 9.17) is 0 Å². The zero-order chi connectivity index (χ0) is 12.8. The molecule has 0 atom stereocenters. The third-order valence-corrected chi connectivity index (χ3v) is 3.64. The number of amides is 1. The summed E-state index contributed by atoms with van der Waals surface area (Å²) in [7, 11) is 1.35. The van der Waals surface area contributed by atoms with E-state index in [9.17, 15) is 9.59 Å². The number of carbonyl (C=O) groups excluding carboxylic acids is 2. The Labute approximate surface area is 105 Å². The van der Waals surface area contributed by atoms with Gasteiger partial charge >= 0.3 is 5.97 Å². The summed E-state index contributed by atoms with van der Waals surface area (Å²) >= 11 is 0. The fourth-order valence-corrected chi connectivity index (χ4v) is 2.20. The molecule has 2 N–H and O–H groups in total. The molecule has 5 heteroatoms. The number of methoxy groups -OCH3 is 1. The monoisotopic (exact) mass is 246 g/mol. The molecule has 1 aromatic rings. The zero-order valence-electron chi connectivity index (χ0n) is 10.1. The van der Waals surface area contributed by atoms with Crippen LogP contribution >= 0.6 is 0 Å². The summed E-state index contributed by atoms with van der Waals surface area (Å²) in [6.45, 7) is 0.621. The van der Waals surface area contributed by atoms with Crippen molar-refractivity contribution in [3.8, 4) is 0 Å². The van der Waals surface area contributed by atoms with E-state index < -0.39 is 0 Å². The number of carbonyl (C=O) groups is 2. The van der Waals surface area contributed by atoms with Crippen molar-refractivity contribution in [3.63, 3.8) is 0 Å². The Balaban J connectivity index is 1.94. The molecule has 5 nitrogen and oxygen atoms in total. The van der Waals surface area contributed by atoms with Crippen molar-refractivity contribution in [1.82, 2.24) is 0 Å². The molecule has 1 spiro atoms. The highest BCUT2D eigenvalue weighted by molar-refractivity contribution is 6.02. The molecule has 0 unspecified atom stereocenters. The second-order valence-corrected chi connectivity index (χ2v) is 4.84. The molecule has 18 heavy (non-hydrogen) atoms. The fraction of sp³-hybridized carbons (Fsp3) is 0.385. The molecule has 0 saturated heterocycles. The standard InChI is InChI=1S/C13H14N2O3/c1-18-11(16)8-2-3-9-10(6-8)14-7-13(4-5-13)12(17)15-9/h2-3,6,14H,4-5,7H2,1H3,(H,15,17). The van der Waals surface area contributed by atoms with E-state index in [1.165, 1.54) is 7.11 Å². The Bertz CT molecular complexity index is 535. The van der Waals surface area contributed by atoms with Crippen molar-refractivity contribution < 1.29 is 14.3 Å². The van der Waals surface area contributed by atoms with Crippen LogP contribution in [0.3, 0.4) is 0 Å². The van der Waals surface area contributed by atoms with Gasteiger partial charge in [-0.05, 0) is 31.0 Å². The third-order valence-electron chi connectivity index (χ3n) is 3.64. The van der Waals surface area contributed by atoms with Crippen molar-refractivity contribution in [2.24, 2.45) is 5.41 Å². The number of benzene rings is 1. The number of rotatable bonds is 1. The minimum absolute atomic E-state index is 0.0690. The number of nitrogens with one attached hydrogen (secondary N) is 2. The number of hydrogen-bond acceptors (Lipinski definition) is 4. The van der Waals surface area contributed by atoms with Gasteiger partial charge in [0.2, 0.25) is 5.91 Å². The second-order valence-electron chi connectivity index (χ2n) is 4.84. The summed E-state index contributed by atoms with van der Waals surface area (Å²) in [5.41, 5.74) is 1.72. The first-order valence-corrected chi connectivity index (χ1v) is 5.92. The minimum Gasteiger partial charge on any atom is -0.465 e. The lowest BCUT2D eigenvalue weighted by atomic mass is 10.1. The molecular weight excluding hydrogens is 232 g/mol. The topological polar surface area (TPSA) is 67.4 Å². The predicted octanol–water partition coefficient (Wildman–Crippen LogP) is 1.62. The lowest BCUT2D eigenvalue weighted by Crippen LogP contribution is -2.27. The van der Waals surface area contributed by atoms with Crippen LogP contribution in [0.1, 0.15) is 23.2 Å². The SMILES string of the molecule is COC(=O)c1ccc2c(c1)NCC1(CC1)C(=O)N2. The van der Waals surface area contributed by atoms with Gasteiger partial charge < -0.3 is 15.4 Å². The molecule has 0 aromatic heterocycles. The molecule has 1 fully saturated rings. The van der Waals surface area contributed by atoms with Crippen LogP contribution in [0.4, 0.5) is 11.4 Å². The van der Waals surface area contributed by atoms with Crippen molar-refractivity contribution >= 4 is 23.3 Å². The highest BCUT2D eigenvalue weighted by Gasteiger charge is 2.50. The van der Waals surface area contributed by atoms with Gasteiger partial charge in [0.05, 0.1) is 29.5 Å². The Morgan fingerprint density at radius 2 is 2.11 bits per heavy atom. The van der Waals surface area contributed by atoms with Crippen LogP contribution in [0.5, 0.6) is 0 Å². The van der Waals surface area contributed by atoms with Gasteiger partial charge in [-0.2, -0.15) is 0 Å². The summed E-state index contributed by atoms with van der Waals surface area (Å²) in [5, 5.41) is 6.14. The number of hydrogen-bond donors (Lipinski definition) is 2. The maximum Gasteiger partial charge on any atom is 0.337 e. The third kappa shape index (κ3) is 1.63. The average molecular weight is 246 g/mol. The normalized spacial score (nSPS) is 19.3. The number of fused-ring (bicyclic) bond motifs is 1. The average Bonchev–Trinajstić information content (AvgIpc) is 3.18. The van der Waals surface area contributed by atoms with Gasteiger partial charge in [0.25, 0.3) is 0 Å². The van der Waals surface area contributed by atoms with E-state index in [2.05, 4.69) is 15.4 Å². The predicted molar refractivity (Wildman–Crippen MR) is 66.6 cm³/mol. The Morgan fingerprint density at radius 1 is 1.33 bits per heavy atom. The Hall–Kier alpha value is -2.04. The largest absolute Gasteiger partial charge is 0.465 e. The Kier molecular flexibility index (Phi) is 2.29. The molecule has 3 rings (SSSR count). The number of ether oxygens (including phenoxy) is 1. The zero-order valence-corrected chi connectivity index (χ0v) is 10.1. The molecule has 1 heterocycles. The van der Waals surface area contributed by atoms with Crippen LogP contribution in [-0.2, 0) is 9.53 Å². The Morgan fingerprint density at radius 3 is 2.78 bits per heavy atom. The van der Waals surface area contributed by atoms with Gasteiger partial charge in [0, 0.05) is 6.54 Å². The van der Waals surface area contributed by atoms with Crippen molar-refractivity contribution in [3.05, 3.63) is 23.8 Å². The summed E-state index contributed by atoms with van der Waals surface area (Å²) in [6.07, 6.45) is 1.84. The van der Waals surface area contributed by atoms with Crippen LogP contribution < -0.4 is 10.6 Å².